The summed E-state index contributed by atoms with van der Waals surface area (Å²) >= 11 is 0. The number of hydrogen-bond acceptors (Lipinski definition) is 4. The summed E-state index contributed by atoms with van der Waals surface area (Å²) in [6, 6.07) is 17.5. The zero-order valence-electron chi connectivity index (χ0n) is 16.3. The van der Waals surface area contributed by atoms with Crippen LogP contribution in [0.2, 0.25) is 0 Å². The Hall–Kier alpha value is -2.53. The smallest absolute Gasteiger partial charge is 0.254 e. The van der Waals surface area contributed by atoms with E-state index in [1.165, 1.54) is 0 Å². The van der Waals surface area contributed by atoms with E-state index in [1.807, 2.05) is 66.5 Å². The number of ether oxygens (including phenoxy) is 2. The Morgan fingerprint density at radius 1 is 1.04 bits per heavy atom. The van der Waals surface area contributed by atoms with Crippen molar-refractivity contribution in [2.75, 3.05) is 33.3 Å². The molecule has 2 fully saturated rings. The highest BCUT2D eigenvalue weighted by molar-refractivity contribution is 5.94. The van der Waals surface area contributed by atoms with Gasteiger partial charge in [-0.25, -0.2) is 0 Å². The molecule has 1 unspecified atom stereocenters. The van der Waals surface area contributed by atoms with E-state index >= 15 is 0 Å². The molecule has 148 valence electrons. The highest BCUT2D eigenvalue weighted by atomic mass is 16.5. The number of rotatable bonds is 7. The molecule has 1 N–H and O–H groups in total. The molecule has 1 saturated heterocycles. The number of likely N-dealkylation sites (tertiary alicyclic amines) is 1. The average molecular weight is 380 g/mol. The first-order chi connectivity index (χ1) is 13.7. The fourth-order valence-corrected chi connectivity index (χ4v) is 4.37. The Morgan fingerprint density at radius 2 is 1.75 bits per heavy atom. The van der Waals surface area contributed by atoms with Gasteiger partial charge in [-0.2, -0.15) is 0 Å². The van der Waals surface area contributed by atoms with Gasteiger partial charge in [-0.3, -0.25) is 4.79 Å². The van der Waals surface area contributed by atoms with E-state index in [9.17, 15) is 4.79 Å². The van der Waals surface area contributed by atoms with Crippen molar-refractivity contribution in [3.63, 3.8) is 0 Å². The lowest BCUT2D eigenvalue weighted by Crippen LogP contribution is -2.30. The Balaban J connectivity index is 1.32. The highest BCUT2D eigenvalue weighted by Gasteiger charge is 2.43. The van der Waals surface area contributed by atoms with E-state index in [2.05, 4.69) is 5.32 Å². The number of fused-ring (bicyclic) bond motifs is 1. The van der Waals surface area contributed by atoms with Gasteiger partial charge in [0, 0.05) is 25.2 Å². The number of carbonyl (C=O) groups excluding carboxylic acids is 1. The van der Waals surface area contributed by atoms with E-state index < -0.39 is 0 Å². The van der Waals surface area contributed by atoms with Gasteiger partial charge >= 0.3 is 0 Å². The van der Waals surface area contributed by atoms with Crippen LogP contribution in [-0.4, -0.2) is 50.2 Å². The van der Waals surface area contributed by atoms with Crippen molar-refractivity contribution in [1.29, 1.82) is 0 Å². The van der Waals surface area contributed by atoms with Crippen LogP contribution >= 0.6 is 0 Å². The molecular formula is C23H28N2O3. The van der Waals surface area contributed by atoms with E-state index in [0.29, 0.717) is 24.0 Å². The van der Waals surface area contributed by atoms with Crippen LogP contribution in [0, 0.1) is 11.8 Å². The lowest BCUT2D eigenvalue weighted by Gasteiger charge is -2.20. The number of para-hydroxylation sites is 1. The maximum Gasteiger partial charge on any atom is 0.254 e. The van der Waals surface area contributed by atoms with Crippen molar-refractivity contribution in [2.24, 2.45) is 11.8 Å². The molecule has 5 nitrogen and oxygen atoms in total. The van der Waals surface area contributed by atoms with Gasteiger partial charge < -0.3 is 19.7 Å². The van der Waals surface area contributed by atoms with Gasteiger partial charge in [0.25, 0.3) is 5.91 Å². The monoisotopic (exact) mass is 380 g/mol. The van der Waals surface area contributed by atoms with Crippen molar-refractivity contribution in [2.45, 2.75) is 18.9 Å². The van der Waals surface area contributed by atoms with Crippen LogP contribution in [0.5, 0.6) is 11.5 Å². The van der Waals surface area contributed by atoms with Crippen LogP contribution in [0.4, 0.5) is 0 Å². The van der Waals surface area contributed by atoms with E-state index in [1.54, 1.807) is 0 Å². The minimum absolute atomic E-state index is 0.106. The molecular weight excluding hydrogens is 352 g/mol. The Kier molecular flexibility index (Phi) is 5.81. The molecule has 1 amide bonds. The van der Waals surface area contributed by atoms with E-state index in [4.69, 9.17) is 9.47 Å². The first kappa shape index (κ1) is 18.8. The molecule has 2 aromatic carbocycles. The first-order valence-electron chi connectivity index (χ1n) is 10.1. The van der Waals surface area contributed by atoms with E-state index in [-0.39, 0.29) is 12.0 Å². The Labute approximate surface area is 166 Å². The second-order valence-electron chi connectivity index (χ2n) is 7.73. The SMILES string of the molecule is CNCCOc1cccc(C(=O)N2C[C@H]3CC(Oc4ccccc4)C[C@H]3C2)c1. The molecule has 0 spiro atoms. The number of carbonyl (C=O) groups is 1. The molecule has 0 radical (unpaired) electrons. The van der Waals surface area contributed by atoms with Gasteiger partial charge in [0.05, 0.1) is 6.10 Å². The summed E-state index contributed by atoms with van der Waals surface area (Å²) in [5.41, 5.74) is 0.707. The normalized spacial score (nSPS) is 23.5. The number of nitrogens with zero attached hydrogens (tertiary/aromatic N) is 1. The molecule has 1 saturated carbocycles. The van der Waals surface area contributed by atoms with Crippen LogP contribution < -0.4 is 14.8 Å². The van der Waals surface area contributed by atoms with Gasteiger partial charge in [-0.1, -0.05) is 24.3 Å². The summed E-state index contributed by atoms with van der Waals surface area (Å²) in [5, 5.41) is 3.05. The standard InChI is InChI=1S/C23H28N2O3/c1-24-10-11-27-21-9-5-6-17(12-21)23(26)25-15-18-13-22(14-19(18)16-25)28-20-7-3-2-4-8-20/h2-9,12,18-19,22,24H,10-11,13-16H2,1H3/t18-,19+,22?. The lowest BCUT2D eigenvalue weighted by atomic mass is 10.0. The fourth-order valence-electron chi connectivity index (χ4n) is 4.37. The fraction of sp³-hybridized carbons (Fsp3) is 0.435. The molecule has 4 rings (SSSR count). The molecule has 2 aromatic rings. The predicted octanol–water partition coefficient (Wildman–Crippen LogP) is 3.21. The van der Waals surface area contributed by atoms with Crippen LogP contribution in [0.1, 0.15) is 23.2 Å². The summed E-state index contributed by atoms with van der Waals surface area (Å²) in [7, 11) is 1.89. The predicted molar refractivity (Wildman–Crippen MR) is 109 cm³/mol. The van der Waals surface area contributed by atoms with Crippen molar-refractivity contribution in [1.82, 2.24) is 10.2 Å². The van der Waals surface area contributed by atoms with Gasteiger partial charge in [0.1, 0.15) is 18.1 Å². The van der Waals surface area contributed by atoms with Gasteiger partial charge in [-0.15, -0.1) is 0 Å². The average Bonchev–Trinajstić information content (AvgIpc) is 3.27. The number of benzene rings is 2. The van der Waals surface area contributed by atoms with Crippen LogP contribution in [0.15, 0.2) is 54.6 Å². The molecule has 0 bridgehead atoms. The zero-order valence-corrected chi connectivity index (χ0v) is 16.3. The lowest BCUT2D eigenvalue weighted by molar-refractivity contribution is 0.0769. The third-order valence-electron chi connectivity index (χ3n) is 5.74. The number of likely N-dealkylation sites (N-methyl/N-ethyl adjacent to an activating group) is 1. The quantitative estimate of drug-likeness (QED) is 0.750. The third kappa shape index (κ3) is 4.30. The molecule has 0 aromatic heterocycles. The zero-order chi connectivity index (χ0) is 19.3. The largest absolute Gasteiger partial charge is 0.492 e. The second kappa shape index (κ2) is 8.65. The van der Waals surface area contributed by atoms with Crippen molar-refractivity contribution in [3.8, 4) is 11.5 Å². The highest BCUT2D eigenvalue weighted by Crippen LogP contribution is 2.40. The first-order valence-corrected chi connectivity index (χ1v) is 10.1. The van der Waals surface area contributed by atoms with Crippen LogP contribution in [-0.2, 0) is 0 Å². The molecule has 1 aliphatic carbocycles. The van der Waals surface area contributed by atoms with Gasteiger partial charge in [0.2, 0.25) is 0 Å². The summed E-state index contributed by atoms with van der Waals surface area (Å²) in [6.45, 7) is 3.01. The molecule has 28 heavy (non-hydrogen) atoms. The van der Waals surface area contributed by atoms with Crippen molar-refractivity contribution in [3.05, 3.63) is 60.2 Å². The Bertz CT molecular complexity index is 781. The van der Waals surface area contributed by atoms with E-state index in [0.717, 1.165) is 44.0 Å². The number of hydrogen-bond donors (Lipinski definition) is 1. The topological polar surface area (TPSA) is 50.8 Å². The summed E-state index contributed by atoms with van der Waals surface area (Å²) in [6.07, 6.45) is 2.31. The molecule has 5 heteroatoms. The van der Waals surface area contributed by atoms with Crippen LogP contribution in [0.25, 0.3) is 0 Å². The minimum atomic E-state index is 0.106. The second-order valence-corrected chi connectivity index (χ2v) is 7.73. The van der Waals surface area contributed by atoms with Crippen molar-refractivity contribution >= 4 is 5.91 Å². The van der Waals surface area contributed by atoms with Gasteiger partial charge in [-0.05, 0) is 62.1 Å². The molecule has 2 aliphatic rings. The van der Waals surface area contributed by atoms with Gasteiger partial charge in [0.15, 0.2) is 0 Å². The molecule has 1 heterocycles. The number of nitrogens with one attached hydrogen (secondary N) is 1. The summed E-state index contributed by atoms with van der Waals surface area (Å²) in [4.78, 5) is 15.0. The van der Waals surface area contributed by atoms with Crippen molar-refractivity contribution < 1.29 is 14.3 Å². The summed E-state index contributed by atoms with van der Waals surface area (Å²) < 4.78 is 11.8. The third-order valence-corrected chi connectivity index (χ3v) is 5.74. The molecule has 3 atom stereocenters. The number of amides is 1. The maximum absolute atomic E-state index is 13.0. The summed E-state index contributed by atoms with van der Waals surface area (Å²) in [5.74, 6) is 2.86. The van der Waals surface area contributed by atoms with Crippen LogP contribution in [0.3, 0.4) is 0 Å². The minimum Gasteiger partial charge on any atom is -0.492 e. The Morgan fingerprint density at radius 3 is 2.46 bits per heavy atom. The maximum atomic E-state index is 13.0. The molecule has 1 aliphatic heterocycles.